The van der Waals surface area contributed by atoms with Crippen molar-refractivity contribution in [1.29, 1.82) is 0 Å². The molecule has 1 aromatic carbocycles. The molecule has 0 fully saturated rings. The number of H-pyrrole nitrogens is 1. The maximum Gasteiger partial charge on any atom is 0.305 e. The molecule has 2 rings (SSSR count). The number of aryl methyl sites for hydroxylation is 1. The molecule has 0 atom stereocenters. The highest BCUT2D eigenvalue weighted by Gasteiger charge is 2.05. The van der Waals surface area contributed by atoms with E-state index in [4.69, 9.17) is 17.0 Å². The van der Waals surface area contributed by atoms with Gasteiger partial charge >= 0.3 is 5.97 Å². The highest BCUT2D eigenvalue weighted by molar-refractivity contribution is 7.71. The third-order valence-corrected chi connectivity index (χ3v) is 3.07. The number of rotatable bonds is 5. The number of hydrogen-bond acceptors (Lipinski definition) is 3. The van der Waals surface area contributed by atoms with Crippen molar-refractivity contribution >= 4 is 29.2 Å². The quantitative estimate of drug-likeness (QED) is 0.667. The van der Waals surface area contributed by atoms with Gasteiger partial charge in [-0.3, -0.25) is 4.79 Å². The Balaban J connectivity index is 2.06. The number of benzene rings is 1. The number of ether oxygens (including phenoxy) is 1. The molecule has 0 bridgehead atoms. The number of nitrogens with one attached hydrogen (secondary N) is 1. The Bertz CT molecular complexity index is 600. The van der Waals surface area contributed by atoms with Crippen LogP contribution < -0.4 is 0 Å². The Morgan fingerprint density at radius 2 is 2.22 bits per heavy atom. The highest BCUT2D eigenvalue weighted by atomic mass is 32.1. The predicted octanol–water partition coefficient (Wildman–Crippen LogP) is 3.04. The van der Waals surface area contributed by atoms with Crippen LogP contribution in [0.15, 0.2) is 24.3 Å². The zero-order chi connectivity index (χ0) is 13.0. The fourth-order valence-electron chi connectivity index (χ4n) is 1.94. The summed E-state index contributed by atoms with van der Waals surface area (Å²) < 4.78 is 7.61. The average Bonchev–Trinajstić information content (AvgIpc) is 2.66. The normalized spacial score (nSPS) is 10.7. The van der Waals surface area contributed by atoms with E-state index in [0.29, 0.717) is 17.8 Å². The molecule has 0 aliphatic rings. The second kappa shape index (κ2) is 5.82. The minimum atomic E-state index is -0.149. The number of esters is 1. The number of fused-ring (bicyclic) bond motifs is 1. The van der Waals surface area contributed by atoms with E-state index in [1.807, 2.05) is 35.8 Å². The van der Waals surface area contributed by atoms with Gasteiger partial charge in [0.1, 0.15) is 0 Å². The first-order valence-electron chi connectivity index (χ1n) is 6.05. The molecule has 5 heteroatoms. The summed E-state index contributed by atoms with van der Waals surface area (Å²) in [6.07, 6.45) is 1.16. The summed E-state index contributed by atoms with van der Waals surface area (Å²) in [5, 5.41) is 0. The van der Waals surface area contributed by atoms with Gasteiger partial charge in [0.2, 0.25) is 0 Å². The van der Waals surface area contributed by atoms with Crippen molar-refractivity contribution in [2.75, 3.05) is 6.61 Å². The number of imidazole rings is 1. The minimum absolute atomic E-state index is 0.149. The number of carbonyl (C=O) groups excluding carboxylic acids is 1. The molecule has 0 aliphatic heterocycles. The van der Waals surface area contributed by atoms with Crippen molar-refractivity contribution < 1.29 is 9.53 Å². The van der Waals surface area contributed by atoms with E-state index >= 15 is 0 Å². The molecule has 1 heterocycles. The molecule has 18 heavy (non-hydrogen) atoms. The Morgan fingerprint density at radius 3 is 3.00 bits per heavy atom. The van der Waals surface area contributed by atoms with Gasteiger partial charge in [0, 0.05) is 13.0 Å². The molecule has 0 spiro atoms. The van der Waals surface area contributed by atoms with Crippen molar-refractivity contribution in [3.63, 3.8) is 0 Å². The second-order valence-electron chi connectivity index (χ2n) is 4.01. The lowest BCUT2D eigenvalue weighted by atomic mass is 10.3. The van der Waals surface area contributed by atoms with E-state index in [0.717, 1.165) is 24.0 Å². The summed E-state index contributed by atoms with van der Waals surface area (Å²) >= 11 is 5.27. The smallest absolute Gasteiger partial charge is 0.305 e. The molecule has 0 radical (unpaired) electrons. The standard InChI is InChI=1S/C13H16N2O2S/c1-2-17-12(16)8-5-9-15-11-7-4-3-6-10(11)14-13(15)18/h3-4,6-7H,2,5,8-9H2,1H3,(H,14,18). The lowest BCUT2D eigenvalue weighted by molar-refractivity contribution is -0.143. The van der Waals surface area contributed by atoms with Crippen LogP contribution in [0.2, 0.25) is 0 Å². The molecule has 0 unspecified atom stereocenters. The summed E-state index contributed by atoms with van der Waals surface area (Å²) in [5.41, 5.74) is 2.10. The third kappa shape index (κ3) is 2.79. The van der Waals surface area contributed by atoms with Gasteiger partial charge in [0.15, 0.2) is 4.77 Å². The maximum atomic E-state index is 11.3. The van der Waals surface area contributed by atoms with Crippen LogP contribution in [0, 0.1) is 4.77 Å². The van der Waals surface area contributed by atoms with Gasteiger partial charge in [-0.25, -0.2) is 0 Å². The fraction of sp³-hybridized carbons (Fsp3) is 0.385. The first kappa shape index (κ1) is 12.8. The molecule has 96 valence electrons. The second-order valence-corrected chi connectivity index (χ2v) is 4.39. The van der Waals surface area contributed by atoms with E-state index in [-0.39, 0.29) is 5.97 Å². The summed E-state index contributed by atoms with van der Waals surface area (Å²) in [6.45, 7) is 2.97. The van der Waals surface area contributed by atoms with Gasteiger partial charge in [-0.1, -0.05) is 12.1 Å². The SMILES string of the molecule is CCOC(=O)CCCn1c(=S)[nH]c2ccccc21. The van der Waals surface area contributed by atoms with E-state index < -0.39 is 0 Å². The molecule has 0 amide bonds. The lowest BCUT2D eigenvalue weighted by Gasteiger charge is -2.04. The van der Waals surface area contributed by atoms with Gasteiger partial charge in [-0.2, -0.15) is 0 Å². The number of hydrogen-bond donors (Lipinski definition) is 1. The fourth-order valence-corrected chi connectivity index (χ4v) is 2.24. The van der Waals surface area contributed by atoms with Crippen molar-refractivity contribution in [3.05, 3.63) is 29.0 Å². The molecular formula is C13H16N2O2S. The van der Waals surface area contributed by atoms with Crippen molar-refractivity contribution in [2.45, 2.75) is 26.3 Å². The molecule has 0 saturated heterocycles. The molecule has 1 aromatic heterocycles. The van der Waals surface area contributed by atoms with Gasteiger partial charge in [0.05, 0.1) is 17.6 Å². The van der Waals surface area contributed by atoms with E-state index in [1.54, 1.807) is 0 Å². The number of para-hydroxylation sites is 2. The van der Waals surface area contributed by atoms with E-state index in [1.165, 1.54) is 0 Å². The van der Waals surface area contributed by atoms with Crippen molar-refractivity contribution in [3.8, 4) is 0 Å². The third-order valence-electron chi connectivity index (χ3n) is 2.75. The van der Waals surface area contributed by atoms with Crippen LogP contribution in [-0.4, -0.2) is 22.1 Å². The zero-order valence-corrected chi connectivity index (χ0v) is 11.1. The zero-order valence-electron chi connectivity index (χ0n) is 10.3. The van der Waals surface area contributed by atoms with Crippen LogP contribution in [0.3, 0.4) is 0 Å². The number of carbonyl (C=O) groups is 1. The minimum Gasteiger partial charge on any atom is -0.466 e. The molecule has 0 saturated carbocycles. The van der Waals surface area contributed by atoms with Gasteiger partial charge < -0.3 is 14.3 Å². The van der Waals surface area contributed by atoms with Crippen LogP contribution >= 0.6 is 12.2 Å². The largest absolute Gasteiger partial charge is 0.466 e. The van der Waals surface area contributed by atoms with Crippen molar-refractivity contribution in [1.82, 2.24) is 9.55 Å². The first-order chi connectivity index (χ1) is 8.72. The van der Waals surface area contributed by atoms with E-state index in [9.17, 15) is 4.79 Å². The van der Waals surface area contributed by atoms with Crippen LogP contribution in [0.4, 0.5) is 0 Å². The number of nitrogens with zero attached hydrogens (tertiary/aromatic N) is 1. The Kier molecular flexibility index (Phi) is 4.15. The van der Waals surface area contributed by atoms with Crippen LogP contribution in [0.25, 0.3) is 11.0 Å². The van der Waals surface area contributed by atoms with Gasteiger partial charge in [0.25, 0.3) is 0 Å². The molecule has 1 N–H and O–H groups in total. The first-order valence-corrected chi connectivity index (χ1v) is 6.46. The average molecular weight is 264 g/mol. The Hall–Kier alpha value is -1.62. The number of aromatic nitrogens is 2. The van der Waals surface area contributed by atoms with Crippen LogP contribution in [0.5, 0.6) is 0 Å². The Labute approximate surface area is 111 Å². The number of aromatic amines is 1. The van der Waals surface area contributed by atoms with Gasteiger partial charge in [-0.05, 0) is 37.7 Å². The molecule has 4 nitrogen and oxygen atoms in total. The van der Waals surface area contributed by atoms with Crippen molar-refractivity contribution in [2.24, 2.45) is 0 Å². The highest BCUT2D eigenvalue weighted by Crippen LogP contribution is 2.14. The lowest BCUT2D eigenvalue weighted by Crippen LogP contribution is -2.06. The summed E-state index contributed by atoms with van der Waals surface area (Å²) in [5.74, 6) is -0.149. The monoisotopic (exact) mass is 264 g/mol. The van der Waals surface area contributed by atoms with E-state index in [2.05, 4.69) is 4.98 Å². The molecule has 2 aromatic rings. The summed E-state index contributed by atoms with van der Waals surface area (Å²) in [4.78, 5) is 14.4. The molecule has 0 aliphatic carbocycles. The Morgan fingerprint density at radius 1 is 1.44 bits per heavy atom. The van der Waals surface area contributed by atoms with Gasteiger partial charge in [-0.15, -0.1) is 0 Å². The summed E-state index contributed by atoms with van der Waals surface area (Å²) in [7, 11) is 0. The molecular weight excluding hydrogens is 248 g/mol. The topological polar surface area (TPSA) is 47.0 Å². The van der Waals surface area contributed by atoms with Crippen LogP contribution in [-0.2, 0) is 16.1 Å². The maximum absolute atomic E-state index is 11.3. The predicted molar refractivity (Wildman–Crippen MR) is 73.0 cm³/mol. The van der Waals surface area contributed by atoms with Crippen LogP contribution in [0.1, 0.15) is 19.8 Å². The summed E-state index contributed by atoms with van der Waals surface area (Å²) in [6, 6.07) is 7.96.